The molecule has 1 N–H and O–H groups in total. The van der Waals surface area contributed by atoms with Crippen molar-refractivity contribution in [1.82, 2.24) is 4.90 Å². The summed E-state index contributed by atoms with van der Waals surface area (Å²) < 4.78 is 5.30. The van der Waals surface area contributed by atoms with Crippen LogP contribution in [0.2, 0.25) is 0 Å². The van der Waals surface area contributed by atoms with Crippen molar-refractivity contribution >= 4 is 5.97 Å². The number of hydrogen-bond acceptors (Lipinski definition) is 3. The quantitative estimate of drug-likeness (QED) is 0.716. The van der Waals surface area contributed by atoms with E-state index in [1.807, 2.05) is 0 Å². The van der Waals surface area contributed by atoms with E-state index in [-0.39, 0.29) is 5.92 Å². The van der Waals surface area contributed by atoms with Crippen LogP contribution in [0.15, 0.2) is 0 Å². The number of carbonyl (C=O) groups is 1. The number of rotatable bonds is 3. The molecule has 80 valence electrons. The molecule has 2 rings (SSSR count). The lowest BCUT2D eigenvalue weighted by molar-refractivity contribution is -0.146. The maximum absolute atomic E-state index is 10.7. The van der Waals surface area contributed by atoms with Crippen LogP contribution in [-0.4, -0.2) is 48.3 Å². The summed E-state index contributed by atoms with van der Waals surface area (Å²) in [5, 5.41) is 8.83. The standard InChI is InChI=1S/C10H17NO3/c1-7(10(12)13)8-4-11(5-8)9-2-3-14-6-9/h7-9H,2-6H2,1H3,(H,12,13). The second-order valence-corrected chi connectivity index (χ2v) is 4.36. The second kappa shape index (κ2) is 3.87. The monoisotopic (exact) mass is 199 g/mol. The van der Waals surface area contributed by atoms with Crippen molar-refractivity contribution in [3.8, 4) is 0 Å². The van der Waals surface area contributed by atoms with Gasteiger partial charge in [-0.15, -0.1) is 0 Å². The van der Waals surface area contributed by atoms with E-state index in [1.165, 1.54) is 0 Å². The van der Waals surface area contributed by atoms with Crippen LogP contribution in [0.3, 0.4) is 0 Å². The first-order chi connectivity index (χ1) is 6.68. The Kier molecular flexibility index (Phi) is 2.74. The van der Waals surface area contributed by atoms with E-state index in [9.17, 15) is 4.79 Å². The summed E-state index contributed by atoms with van der Waals surface area (Å²) in [6.45, 7) is 5.35. The van der Waals surface area contributed by atoms with E-state index in [2.05, 4.69) is 4.90 Å². The van der Waals surface area contributed by atoms with Gasteiger partial charge in [-0.1, -0.05) is 6.92 Å². The molecule has 0 aromatic heterocycles. The zero-order valence-corrected chi connectivity index (χ0v) is 8.48. The molecule has 0 bridgehead atoms. The molecule has 2 atom stereocenters. The van der Waals surface area contributed by atoms with Gasteiger partial charge < -0.3 is 9.84 Å². The maximum atomic E-state index is 10.7. The third kappa shape index (κ3) is 1.77. The predicted molar refractivity (Wildman–Crippen MR) is 51.1 cm³/mol. The average Bonchev–Trinajstić information content (AvgIpc) is 2.54. The van der Waals surface area contributed by atoms with Crippen LogP contribution in [0.5, 0.6) is 0 Å². The summed E-state index contributed by atoms with van der Waals surface area (Å²) in [6.07, 6.45) is 1.11. The SMILES string of the molecule is CC(C(=O)O)C1CN(C2CCOC2)C1. The van der Waals surface area contributed by atoms with Gasteiger partial charge in [-0.3, -0.25) is 9.69 Å². The van der Waals surface area contributed by atoms with Crippen LogP contribution < -0.4 is 0 Å². The molecule has 0 amide bonds. The number of carboxylic acids is 1. The third-order valence-electron chi connectivity index (χ3n) is 3.46. The number of nitrogens with zero attached hydrogens (tertiary/aromatic N) is 1. The molecular formula is C10H17NO3. The van der Waals surface area contributed by atoms with Crippen LogP contribution in [0, 0.1) is 11.8 Å². The van der Waals surface area contributed by atoms with Gasteiger partial charge in [0.2, 0.25) is 0 Å². The highest BCUT2D eigenvalue weighted by atomic mass is 16.5. The van der Waals surface area contributed by atoms with E-state index < -0.39 is 5.97 Å². The first-order valence-corrected chi connectivity index (χ1v) is 5.23. The largest absolute Gasteiger partial charge is 0.481 e. The van der Waals surface area contributed by atoms with Crippen molar-refractivity contribution in [3.63, 3.8) is 0 Å². The van der Waals surface area contributed by atoms with Crippen molar-refractivity contribution in [2.24, 2.45) is 11.8 Å². The zero-order chi connectivity index (χ0) is 10.1. The van der Waals surface area contributed by atoms with Crippen LogP contribution in [0.4, 0.5) is 0 Å². The topological polar surface area (TPSA) is 49.8 Å². The molecule has 2 saturated heterocycles. The van der Waals surface area contributed by atoms with Gasteiger partial charge >= 0.3 is 5.97 Å². The molecule has 0 spiro atoms. The molecule has 0 aromatic carbocycles. The lowest BCUT2D eigenvalue weighted by atomic mass is 9.86. The Hall–Kier alpha value is -0.610. The smallest absolute Gasteiger partial charge is 0.306 e. The van der Waals surface area contributed by atoms with Gasteiger partial charge in [0.25, 0.3) is 0 Å². The number of carboxylic acid groups (broad SMARTS) is 1. The van der Waals surface area contributed by atoms with Gasteiger partial charge in [-0.2, -0.15) is 0 Å². The van der Waals surface area contributed by atoms with E-state index in [0.717, 1.165) is 32.7 Å². The van der Waals surface area contributed by atoms with Crippen molar-refractivity contribution in [1.29, 1.82) is 0 Å². The number of ether oxygens (including phenoxy) is 1. The highest BCUT2D eigenvalue weighted by Gasteiger charge is 2.38. The lowest BCUT2D eigenvalue weighted by Gasteiger charge is -2.44. The Balaban J connectivity index is 1.75. The maximum Gasteiger partial charge on any atom is 0.306 e. The van der Waals surface area contributed by atoms with Gasteiger partial charge in [-0.05, 0) is 12.3 Å². The molecule has 0 aromatic rings. The Morgan fingerprint density at radius 3 is 2.79 bits per heavy atom. The molecule has 2 fully saturated rings. The molecule has 0 saturated carbocycles. The van der Waals surface area contributed by atoms with Gasteiger partial charge in [0.1, 0.15) is 0 Å². The minimum Gasteiger partial charge on any atom is -0.481 e. The van der Waals surface area contributed by atoms with Gasteiger partial charge in [0.05, 0.1) is 12.5 Å². The van der Waals surface area contributed by atoms with E-state index in [4.69, 9.17) is 9.84 Å². The van der Waals surface area contributed by atoms with Crippen molar-refractivity contribution < 1.29 is 14.6 Å². The Bertz CT molecular complexity index is 219. The number of hydrogen-bond donors (Lipinski definition) is 1. The summed E-state index contributed by atoms with van der Waals surface area (Å²) in [4.78, 5) is 13.1. The fourth-order valence-corrected chi connectivity index (χ4v) is 2.18. The van der Waals surface area contributed by atoms with Crippen LogP contribution in [0.1, 0.15) is 13.3 Å². The molecule has 4 heteroatoms. The summed E-state index contributed by atoms with van der Waals surface area (Å²) in [6, 6.07) is 0.548. The number of likely N-dealkylation sites (tertiary alicyclic amines) is 1. The minimum atomic E-state index is -0.669. The fourth-order valence-electron chi connectivity index (χ4n) is 2.18. The molecule has 4 nitrogen and oxygen atoms in total. The summed E-state index contributed by atoms with van der Waals surface area (Å²) in [7, 11) is 0. The third-order valence-corrected chi connectivity index (χ3v) is 3.46. The zero-order valence-electron chi connectivity index (χ0n) is 8.48. The van der Waals surface area contributed by atoms with Crippen molar-refractivity contribution in [2.45, 2.75) is 19.4 Å². The first kappa shape index (κ1) is 9.93. The Morgan fingerprint density at radius 2 is 2.29 bits per heavy atom. The van der Waals surface area contributed by atoms with Gasteiger partial charge in [-0.25, -0.2) is 0 Å². The second-order valence-electron chi connectivity index (χ2n) is 4.36. The van der Waals surface area contributed by atoms with E-state index in [1.54, 1.807) is 6.92 Å². The summed E-state index contributed by atoms with van der Waals surface area (Å²) in [5.41, 5.74) is 0. The van der Waals surface area contributed by atoms with E-state index >= 15 is 0 Å². The average molecular weight is 199 g/mol. The molecular weight excluding hydrogens is 182 g/mol. The lowest BCUT2D eigenvalue weighted by Crippen LogP contribution is -2.55. The highest BCUT2D eigenvalue weighted by Crippen LogP contribution is 2.28. The van der Waals surface area contributed by atoms with E-state index in [0.29, 0.717) is 12.0 Å². The van der Waals surface area contributed by atoms with Crippen molar-refractivity contribution in [3.05, 3.63) is 0 Å². The summed E-state index contributed by atoms with van der Waals surface area (Å²) >= 11 is 0. The van der Waals surface area contributed by atoms with Gasteiger partial charge in [0, 0.05) is 25.7 Å². The van der Waals surface area contributed by atoms with Crippen LogP contribution in [0.25, 0.3) is 0 Å². The van der Waals surface area contributed by atoms with Crippen LogP contribution >= 0.6 is 0 Å². The predicted octanol–water partition coefficient (Wildman–Crippen LogP) is 0.428. The molecule has 0 aliphatic carbocycles. The summed E-state index contributed by atoms with van der Waals surface area (Å²) in [5.74, 6) is -0.529. The van der Waals surface area contributed by atoms with Gasteiger partial charge in [0.15, 0.2) is 0 Å². The minimum absolute atomic E-state index is 0.200. The highest BCUT2D eigenvalue weighted by molar-refractivity contribution is 5.70. The normalized spacial score (nSPS) is 31.4. The molecule has 2 aliphatic rings. The Labute approximate surface area is 83.8 Å². The Morgan fingerprint density at radius 1 is 1.57 bits per heavy atom. The fraction of sp³-hybridized carbons (Fsp3) is 0.900. The molecule has 14 heavy (non-hydrogen) atoms. The van der Waals surface area contributed by atoms with Crippen molar-refractivity contribution in [2.75, 3.05) is 26.3 Å². The molecule has 0 radical (unpaired) electrons. The van der Waals surface area contributed by atoms with Crippen LogP contribution in [-0.2, 0) is 9.53 Å². The number of aliphatic carboxylic acids is 1. The molecule has 2 aliphatic heterocycles. The first-order valence-electron chi connectivity index (χ1n) is 5.23. The molecule has 2 unspecified atom stereocenters. The molecule has 2 heterocycles.